The fraction of sp³-hybridized carbons (Fsp3) is 0.367. The SMILES string of the molecule is Cc1cnc(Nc2cccn2C)nc1-c1cc2n(c1)C(=O)N([C@H](CO[Si](C)(C)C(C)(C)C)c1ccc(F)c(Cl)c1)C2. The van der Waals surface area contributed by atoms with Crippen molar-refractivity contribution in [1.29, 1.82) is 0 Å². The third kappa shape index (κ3) is 5.68. The smallest absolute Gasteiger partial charge is 0.329 e. The predicted octanol–water partition coefficient (Wildman–Crippen LogP) is 7.67. The van der Waals surface area contributed by atoms with E-state index in [4.69, 9.17) is 21.0 Å². The maximum absolute atomic E-state index is 14.0. The Bertz CT molecular complexity index is 1610. The number of carbonyl (C=O) groups excluding carboxylic acids is 1. The Kier molecular flexibility index (Phi) is 7.60. The van der Waals surface area contributed by atoms with E-state index in [0.29, 0.717) is 19.1 Å². The molecule has 1 aliphatic heterocycles. The molecule has 4 heterocycles. The molecule has 1 atom stereocenters. The Labute approximate surface area is 246 Å². The number of nitrogens with zero attached hydrogens (tertiary/aromatic N) is 5. The number of rotatable bonds is 8. The lowest BCUT2D eigenvalue weighted by Crippen LogP contribution is -2.44. The van der Waals surface area contributed by atoms with Crippen LogP contribution in [0.5, 0.6) is 0 Å². The van der Waals surface area contributed by atoms with Crippen LogP contribution in [0.2, 0.25) is 23.2 Å². The molecule has 216 valence electrons. The Morgan fingerprint density at radius 1 is 1.22 bits per heavy atom. The van der Waals surface area contributed by atoms with Crippen molar-refractivity contribution in [1.82, 2.24) is 24.0 Å². The van der Waals surface area contributed by atoms with Gasteiger partial charge in [0.05, 0.1) is 29.9 Å². The third-order valence-corrected chi connectivity index (χ3v) is 13.0. The largest absolute Gasteiger partial charge is 0.414 e. The van der Waals surface area contributed by atoms with E-state index in [1.807, 2.05) is 49.1 Å². The van der Waals surface area contributed by atoms with Gasteiger partial charge in [-0.1, -0.05) is 38.4 Å². The molecule has 11 heteroatoms. The van der Waals surface area contributed by atoms with Gasteiger partial charge in [-0.15, -0.1) is 0 Å². The third-order valence-electron chi connectivity index (χ3n) is 8.23. The standard InChI is InChI=1S/C30H36ClFN6O2Si/c1-19-15-33-28(34-26-9-8-12-36(26)5)35-27(19)21-13-22-17-38(29(39)37(22)16-21)25(18-40-41(6,7)30(2,3)4)20-10-11-24(32)23(31)14-20/h8-16,25H,17-18H2,1-7H3,(H,33,34,35)/t25-/m1/s1. The van der Waals surface area contributed by atoms with Gasteiger partial charge >= 0.3 is 6.03 Å². The molecule has 0 saturated carbocycles. The lowest BCUT2D eigenvalue weighted by Gasteiger charge is -2.38. The van der Waals surface area contributed by atoms with Crippen molar-refractivity contribution >= 4 is 37.7 Å². The quantitative estimate of drug-likeness (QED) is 0.212. The van der Waals surface area contributed by atoms with Gasteiger partial charge in [0.25, 0.3) is 0 Å². The molecule has 0 bridgehead atoms. The van der Waals surface area contributed by atoms with Gasteiger partial charge in [-0.2, -0.15) is 0 Å². The zero-order valence-electron chi connectivity index (χ0n) is 24.5. The highest BCUT2D eigenvalue weighted by atomic mass is 35.5. The van der Waals surface area contributed by atoms with Crippen LogP contribution in [0.4, 0.5) is 21.0 Å². The topological polar surface area (TPSA) is 77.2 Å². The lowest BCUT2D eigenvalue weighted by molar-refractivity contribution is 0.144. The second-order valence-electron chi connectivity index (χ2n) is 12.1. The van der Waals surface area contributed by atoms with Gasteiger partial charge in [0.2, 0.25) is 5.95 Å². The summed E-state index contributed by atoms with van der Waals surface area (Å²) >= 11 is 6.17. The van der Waals surface area contributed by atoms with E-state index in [-0.39, 0.29) is 16.1 Å². The van der Waals surface area contributed by atoms with Gasteiger partial charge in [0, 0.05) is 36.9 Å². The Balaban J connectivity index is 1.43. The number of anilines is 2. The highest BCUT2D eigenvalue weighted by Crippen LogP contribution is 2.39. The van der Waals surface area contributed by atoms with Gasteiger partial charge < -0.3 is 19.2 Å². The summed E-state index contributed by atoms with van der Waals surface area (Å²) in [4.78, 5) is 24.8. The summed E-state index contributed by atoms with van der Waals surface area (Å²) in [5, 5.41) is 3.26. The number of amides is 1. The highest BCUT2D eigenvalue weighted by Gasteiger charge is 2.40. The van der Waals surface area contributed by atoms with E-state index < -0.39 is 20.2 Å². The molecule has 4 aromatic rings. The first-order valence-electron chi connectivity index (χ1n) is 13.6. The van der Waals surface area contributed by atoms with E-state index in [2.05, 4.69) is 44.2 Å². The molecular formula is C30H36ClFN6O2Si. The van der Waals surface area contributed by atoms with E-state index in [0.717, 1.165) is 33.9 Å². The van der Waals surface area contributed by atoms with Crippen LogP contribution in [0.1, 0.15) is 43.6 Å². The first-order chi connectivity index (χ1) is 19.2. The molecule has 0 fully saturated rings. The lowest BCUT2D eigenvalue weighted by atomic mass is 10.1. The Hall–Kier alpha value is -3.47. The summed E-state index contributed by atoms with van der Waals surface area (Å²) in [6, 6.07) is 9.88. The van der Waals surface area contributed by atoms with Crippen LogP contribution in [-0.2, 0) is 18.0 Å². The van der Waals surface area contributed by atoms with Crippen molar-refractivity contribution in [2.24, 2.45) is 7.05 Å². The molecule has 1 aliphatic rings. The molecular weight excluding hydrogens is 559 g/mol. The summed E-state index contributed by atoms with van der Waals surface area (Å²) < 4.78 is 24.2. The number of aryl methyl sites for hydroxylation is 2. The van der Waals surface area contributed by atoms with Crippen molar-refractivity contribution in [3.8, 4) is 11.3 Å². The van der Waals surface area contributed by atoms with Crippen LogP contribution in [-0.4, -0.2) is 45.0 Å². The normalized spacial score (nSPS) is 14.5. The molecule has 0 unspecified atom stereocenters. The van der Waals surface area contributed by atoms with Crippen molar-refractivity contribution in [3.63, 3.8) is 0 Å². The Morgan fingerprint density at radius 2 is 1.98 bits per heavy atom. The summed E-state index contributed by atoms with van der Waals surface area (Å²) in [7, 11) is -0.185. The average Bonchev–Trinajstić information content (AvgIpc) is 3.58. The van der Waals surface area contributed by atoms with E-state index in [1.54, 1.807) is 27.8 Å². The molecule has 41 heavy (non-hydrogen) atoms. The van der Waals surface area contributed by atoms with Gasteiger partial charge in [0.15, 0.2) is 8.32 Å². The molecule has 8 nitrogen and oxygen atoms in total. The summed E-state index contributed by atoms with van der Waals surface area (Å²) in [5.41, 5.74) is 4.06. The first kappa shape index (κ1) is 29.0. The molecule has 1 aromatic carbocycles. The number of nitrogens with one attached hydrogen (secondary N) is 1. The Morgan fingerprint density at radius 3 is 2.61 bits per heavy atom. The zero-order valence-corrected chi connectivity index (χ0v) is 26.3. The number of benzene rings is 1. The van der Waals surface area contributed by atoms with Crippen molar-refractivity contribution in [2.45, 2.75) is 58.4 Å². The number of halogens is 2. The van der Waals surface area contributed by atoms with Crippen LogP contribution >= 0.6 is 11.6 Å². The van der Waals surface area contributed by atoms with Crippen LogP contribution < -0.4 is 5.32 Å². The number of fused-ring (bicyclic) bond motifs is 1. The molecule has 0 radical (unpaired) electrons. The number of carbonyl (C=O) groups is 1. The van der Waals surface area contributed by atoms with Crippen molar-refractivity contribution in [3.05, 3.63) is 82.6 Å². The minimum atomic E-state index is -2.13. The summed E-state index contributed by atoms with van der Waals surface area (Å²) in [6.45, 7) is 13.5. The molecule has 5 rings (SSSR count). The molecule has 0 aliphatic carbocycles. The summed E-state index contributed by atoms with van der Waals surface area (Å²) in [5.74, 6) is 0.851. The van der Waals surface area contributed by atoms with E-state index >= 15 is 0 Å². The second-order valence-corrected chi connectivity index (χ2v) is 17.3. The molecule has 1 N–H and O–H groups in total. The van der Waals surface area contributed by atoms with Gasteiger partial charge in [-0.25, -0.2) is 19.2 Å². The second kappa shape index (κ2) is 10.7. The van der Waals surface area contributed by atoms with Crippen molar-refractivity contribution < 1.29 is 13.6 Å². The zero-order chi connectivity index (χ0) is 29.7. The molecule has 1 amide bonds. The van der Waals surface area contributed by atoms with E-state index in [1.165, 1.54) is 6.07 Å². The van der Waals surface area contributed by atoms with Crippen molar-refractivity contribution in [2.75, 3.05) is 11.9 Å². The number of hydrogen-bond acceptors (Lipinski definition) is 5. The van der Waals surface area contributed by atoms with Crippen LogP contribution in [0.3, 0.4) is 0 Å². The number of aromatic nitrogens is 4. The van der Waals surface area contributed by atoms with Gasteiger partial charge in [0.1, 0.15) is 11.6 Å². The molecule has 0 spiro atoms. The summed E-state index contributed by atoms with van der Waals surface area (Å²) in [6.07, 6.45) is 5.54. The van der Waals surface area contributed by atoms with Crippen LogP contribution in [0.15, 0.2) is 55.0 Å². The van der Waals surface area contributed by atoms with E-state index in [9.17, 15) is 9.18 Å². The number of hydrogen-bond donors (Lipinski definition) is 1. The molecule has 3 aromatic heterocycles. The van der Waals surface area contributed by atoms with Crippen LogP contribution in [0, 0.1) is 12.7 Å². The van der Waals surface area contributed by atoms with Crippen LogP contribution in [0.25, 0.3) is 11.3 Å². The highest BCUT2D eigenvalue weighted by molar-refractivity contribution is 6.74. The average molecular weight is 595 g/mol. The fourth-order valence-electron chi connectivity index (χ4n) is 4.65. The predicted molar refractivity (Wildman–Crippen MR) is 163 cm³/mol. The minimum absolute atomic E-state index is 0.00345. The molecule has 0 saturated heterocycles. The monoisotopic (exact) mass is 594 g/mol. The first-order valence-corrected chi connectivity index (χ1v) is 16.9. The fourth-order valence-corrected chi connectivity index (χ4v) is 5.85. The van der Waals surface area contributed by atoms with Gasteiger partial charge in [-0.05, 0) is 66.5 Å². The maximum atomic E-state index is 14.0. The van der Waals surface area contributed by atoms with Gasteiger partial charge in [-0.3, -0.25) is 4.57 Å². The maximum Gasteiger partial charge on any atom is 0.329 e. The minimum Gasteiger partial charge on any atom is -0.414 e.